The zero-order chi connectivity index (χ0) is 15.6. The maximum absolute atomic E-state index is 13.3. The number of hydrogen-bond acceptors (Lipinski definition) is 1. The maximum Gasteiger partial charge on any atom is 0.255 e. The molecule has 0 aliphatic rings. The van der Waals surface area contributed by atoms with Crippen LogP contribution in [-0.2, 0) is 0 Å². The number of nitrogens with zero attached hydrogens (tertiary/aromatic N) is 1. The van der Waals surface area contributed by atoms with Crippen molar-refractivity contribution in [3.05, 3.63) is 69.7 Å². The fraction of sp³-hybridized carbons (Fsp3) is 0.188. The van der Waals surface area contributed by atoms with Crippen LogP contribution in [0.2, 0.25) is 0 Å². The molecule has 0 fully saturated rings. The molecule has 1 amide bonds. The molecular formula is C16H14BrF2NO. The normalized spacial score (nSPS) is 12.0. The zero-order valence-corrected chi connectivity index (χ0v) is 13.2. The predicted octanol–water partition coefficient (Wildman–Crippen LogP) is 4.56. The molecule has 2 aromatic rings. The van der Waals surface area contributed by atoms with E-state index < -0.39 is 5.82 Å². The Morgan fingerprint density at radius 2 is 1.67 bits per heavy atom. The second-order valence-corrected chi connectivity index (χ2v) is 5.62. The quantitative estimate of drug-likeness (QED) is 0.791. The van der Waals surface area contributed by atoms with E-state index in [0.717, 1.165) is 5.56 Å². The Morgan fingerprint density at radius 3 is 2.29 bits per heavy atom. The van der Waals surface area contributed by atoms with E-state index in [1.54, 1.807) is 19.2 Å². The molecule has 2 rings (SSSR count). The van der Waals surface area contributed by atoms with Crippen molar-refractivity contribution in [2.75, 3.05) is 7.05 Å². The van der Waals surface area contributed by atoms with Crippen LogP contribution in [0.25, 0.3) is 0 Å². The van der Waals surface area contributed by atoms with Gasteiger partial charge in [-0.25, -0.2) is 8.78 Å². The highest BCUT2D eigenvalue weighted by Gasteiger charge is 2.21. The summed E-state index contributed by atoms with van der Waals surface area (Å²) in [6, 6.07) is 9.68. The first-order valence-electron chi connectivity index (χ1n) is 6.38. The molecule has 2 aromatic carbocycles. The summed E-state index contributed by atoms with van der Waals surface area (Å²) in [6.45, 7) is 1.83. The fourth-order valence-electron chi connectivity index (χ4n) is 1.99. The molecule has 0 spiro atoms. The largest absolute Gasteiger partial charge is 0.335 e. The van der Waals surface area contributed by atoms with Gasteiger partial charge >= 0.3 is 0 Å². The van der Waals surface area contributed by atoms with Crippen LogP contribution in [0.5, 0.6) is 0 Å². The van der Waals surface area contributed by atoms with Crippen molar-refractivity contribution in [2.24, 2.45) is 0 Å². The topological polar surface area (TPSA) is 20.3 Å². The highest BCUT2D eigenvalue weighted by Crippen LogP contribution is 2.24. The molecule has 0 aliphatic heterocycles. The zero-order valence-electron chi connectivity index (χ0n) is 11.6. The van der Waals surface area contributed by atoms with Crippen LogP contribution >= 0.6 is 15.9 Å². The maximum atomic E-state index is 13.3. The Bertz CT molecular complexity index is 658. The SMILES string of the molecule is CC(c1ccc(F)cc1)N(C)C(=O)c1cc(F)ccc1Br. The van der Waals surface area contributed by atoms with Crippen LogP contribution in [0.4, 0.5) is 8.78 Å². The van der Waals surface area contributed by atoms with E-state index in [-0.39, 0.29) is 23.3 Å². The lowest BCUT2D eigenvalue weighted by atomic mass is 10.1. The Hall–Kier alpha value is -1.75. The molecule has 0 heterocycles. The smallest absolute Gasteiger partial charge is 0.255 e. The molecule has 0 bridgehead atoms. The second-order valence-electron chi connectivity index (χ2n) is 4.77. The fourth-order valence-corrected chi connectivity index (χ4v) is 2.41. The molecule has 5 heteroatoms. The molecule has 0 radical (unpaired) electrons. The van der Waals surface area contributed by atoms with Crippen LogP contribution in [0, 0.1) is 11.6 Å². The Labute approximate surface area is 130 Å². The van der Waals surface area contributed by atoms with E-state index in [1.165, 1.54) is 35.2 Å². The van der Waals surface area contributed by atoms with Gasteiger partial charge in [0.1, 0.15) is 11.6 Å². The molecule has 0 aliphatic carbocycles. The van der Waals surface area contributed by atoms with Crippen LogP contribution in [0.15, 0.2) is 46.9 Å². The Kier molecular flexibility index (Phi) is 4.73. The first kappa shape index (κ1) is 15.6. The van der Waals surface area contributed by atoms with Crippen LogP contribution in [0.1, 0.15) is 28.9 Å². The predicted molar refractivity (Wildman–Crippen MR) is 81.0 cm³/mol. The molecule has 21 heavy (non-hydrogen) atoms. The molecule has 1 unspecified atom stereocenters. The van der Waals surface area contributed by atoms with E-state index in [2.05, 4.69) is 15.9 Å². The average Bonchev–Trinajstić information content (AvgIpc) is 2.48. The molecular weight excluding hydrogens is 340 g/mol. The van der Waals surface area contributed by atoms with Crippen molar-refractivity contribution in [1.82, 2.24) is 4.90 Å². The van der Waals surface area contributed by atoms with Gasteiger partial charge in [-0.15, -0.1) is 0 Å². The molecule has 0 aromatic heterocycles. The first-order chi connectivity index (χ1) is 9.90. The first-order valence-corrected chi connectivity index (χ1v) is 7.17. The van der Waals surface area contributed by atoms with E-state index in [0.29, 0.717) is 4.47 Å². The summed E-state index contributed by atoms with van der Waals surface area (Å²) < 4.78 is 26.8. The number of benzene rings is 2. The summed E-state index contributed by atoms with van der Waals surface area (Å²) in [6.07, 6.45) is 0. The third-order valence-electron chi connectivity index (χ3n) is 3.41. The second kappa shape index (κ2) is 6.35. The molecule has 1 atom stereocenters. The van der Waals surface area contributed by atoms with Gasteiger partial charge in [0.05, 0.1) is 11.6 Å². The van der Waals surface area contributed by atoms with Gasteiger partial charge in [-0.3, -0.25) is 4.79 Å². The number of halogens is 3. The summed E-state index contributed by atoms with van der Waals surface area (Å²) in [7, 11) is 1.63. The van der Waals surface area contributed by atoms with Crippen molar-refractivity contribution < 1.29 is 13.6 Å². The van der Waals surface area contributed by atoms with Gasteiger partial charge < -0.3 is 4.90 Å². The molecule has 0 saturated heterocycles. The van der Waals surface area contributed by atoms with Crippen molar-refractivity contribution >= 4 is 21.8 Å². The average molecular weight is 354 g/mol. The molecule has 110 valence electrons. The summed E-state index contributed by atoms with van der Waals surface area (Å²) in [5.41, 5.74) is 1.06. The molecule has 0 N–H and O–H groups in total. The van der Waals surface area contributed by atoms with Crippen molar-refractivity contribution in [2.45, 2.75) is 13.0 Å². The summed E-state index contributed by atoms with van der Waals surface area (Å²) in [5, 5.41) is 0. The highest BCUT2D eigenvalue weighted by molar-refractivity contribution is 9.10. The van der Waals surface area contributed by atoms with Gasteiger partial charge in [0.15, 0.2) is 0 Å². The van der Waals surface area contributed by atoms with Crippen molar-refractivity contribution in [1.29, 1.82) is 0 Å². The van der Waals surface area contributed by atoms with Gasteiger partial charge in [0.25, 0.3) is 5.91 Å². The Balaban J connectivity index is 2.26. The highest BCUT2D eigenvalue weighted by atomic mass is 79.9. The van der Waals surface area contributed by atoms with Gasteiger partial charge in [-0.05, 0) is 58.7 Å². The third kappa shape index (κ3) is 3.47. The van der Waals surface area contributed by atoms with E-state index in [1.807, 2.05) is 6.92 Å². The van der Waals surface area contributed by atoms with Crippen LogP contribution in [-0.4, -0.2) is 17.9 Å². The summed E-state index contributed by atoms with van der Waals surface area (Å²) >= 11 is 3.25. The van der Waals surface area contributed by atoms with Crippen molar-refractivity contribution in [3.8, 4) is 0 Å². The number of rotatable bonds is 3. The number of amides is 1. The minimum Gasteiger partial charge on any atom is -0.335 e. The van der Waals surface area contributed by atoms with Gasteiger partial charge in [0.2, 0.25) is 0 Å². The van der Waals surface area contributed by atoms with E-state index >= 15 is 0 Å². The summed E-state index contributed by atoms with van der Waals surface area (Å²) in [4.78, 5) is 13.9. The van der Waals surface area contributed by atoms with Gasteiger partial charge in [-0.2, -0.15) is 0 Å². The summed E-state index contributed by atoms with van der Waals surface area (Å²) in [5.74, 6) is -1.10. The monoisotopic (exact) mass is 353 g/mol. The molecule has 2 nitrogen and oxygen atoms in total. The number of hydrogen-bond donors (Lipinski definition) is 0. The number of carbonyl (C=O) groups is 1. The van der Waals surface area contributed by atoms with Crippen LogP contribution < -0.4 is 0 Å². The van der Waals surface area contributed by atoms with E-state index in [9.17, 15) is 13.6 Å². The minimum atomic E-state index is -0.468. The van der Waals surface area contributed by atoms with E-state index in [4.69, 9.17) is 0 Å². The van der Waals surface area contributed by atoms with Gasteiger partial charge in [0, 0.05) is 11.5 Å². The number of carbonyl (C=O) groups excluding carboxylic acids is 1. The Morgan fingerprint density at radius 1 is 1.10 bits per heavy atom. The third-order valence-corrected chi connectivity index (χ3v) is 4.10. The lowest BCUT2D eigenvalue weighted by molar-refractivity contribution is 0.0741. The standard InChI is InChI=1S/C16H14BrF2NO/c1-10(11-3-5-12(18)6-4-11)20(2)16(21)14-9-13(19)7-8-15(14)17/h3-10H,1-2H3. The van der Waals surface area contributed by atoms with Gasteiger partial charge in [-0.1, -0.05) is 12.1 Å². The molecule has 0 saturated carbocycles. The lowest BCUT2D eigenvalue weighted by Crippen LogP contribution is -2.30. The van der Waals surface area contributed by atoms with Crippen molar-refractivity contribution in [3.63, 3.8) is 0 Å². The van der Waals surface area contributed by atoms with Crippen LogP contribution in [0.3, 0.4) is 0 Å². The minimum absolute atomic E-state index is 0.256. The lowest BCUT2D eigenvalue weighted by Gasteiger charge is -2.26.